The van der Waals surface area contributed by atoms with Gasteiger partial charge in [0.25, 0.3) is 0 Å². The van der Waals surface area contributed by atoms with Gasteiger partial charge >= 0.3 is 11.9 Å². The lowest BCUT2D eigenvalue weighted by Crippen LogP contribution is -2.17. The van der Waals surface area contributed by atoms with Crippen molar-refractivity contribution >= 4 is 11.9 Å². The van der Waals surface area contributed by atoms with Crippen molar-refractivity contribution in [3.63, 3.8) is 0 Å². The molecule has 0 aromatic heterocycles. The molecule has 4 heteroatoms. The molecule has 0 amide bonds. The van der Waals surface area contributed by atoms with Gasteiger partial charge in [-0.15, -0.1) is 0 Å². The van der Waals surface area contributed by atoms with E-state index in [0.29, 0.717) is 0 Å². The van der Waals surface area contributed by atoms with Gasteiger partial charge in [-0.25, -0.2) is 9.59 Å². The topological polar surface area (TPSA) is 74.6 Å². The van der Waals surface area contributed by atoms with Gasteiger partial charge in [-0.3, -0.25) is 0 Å². The van der Waals surface area contributed by atoms with Gasteiger partial charge in [-0.1, -0.05) is 25.5 Å². The lowest BCUT2D eigenvalue weighted by molar-refractivity contribution is -0.136. The fraction of sp³-hybridized carbons (Fsp3) is 0.647. The van der Waals surface area contributed by atoms with E-state index in [4.69, 9.17) is 10.2 Å². The van der Waals surface area contributed by atoms with E-state index in [-0.39, 0.29) is 23.0 Å². The molecule has 0 aliphatic heterocycles. The molecule has 0 radical (unpaired) electrons. The van der Waals surface area contributed by atoms with Gasteiger partial charge in [-0.2, -0.15) is 0 Å². The second-order valence-corrected chi connectivity index (χ2v) is 6.64. The first-order valence-corrected chi connectivity index (χ1v) is 7.78. The summed E-state index contributed by atoms with van der Waals surface area (Å²) in [7, 11) is 0. The Morgan fingerprint density at radius 1 is 1.10 bits per heavy atom. The first kappa shape index (κ1) is 15.8. The van der Waals surface area contributed by atoms with Crippen LogP contribution in [-0.2, 0) is 9.59 Å². The smallest absolute Gasteiger partial charge is 0.332 e. The third-order valence-corrected chi connectivity index (χ3v) is 4.42. The first-order valence-electron chi connectivity index (χ1n) is 7.78. The molecule has 0 heterocycles. The third-order valence-electron chi connectivity index (χ3n) is 4.42. The Morgan fingerprint density at radius 2 is 1.57 bits per heavy atom. The lowest BCUT2D eigenvalue weighted by atomic mass is 9.92. The summed E-state index contributed by atoms with van der Waals surface area (Å²) in [5.74, 6) is -1.26. The van der Waals surface area contributed by atoms with E-state index in [1.807, 2.05) is 0 Å². The van der Waals surface area contributed by atoms with Crippen molar-refractivity contribution in [1.82, 2.24) is 0 Å². The highest BCUT2D eigenvalue weighted by Gasteiger charge is 2.44. The fourth-order valence-corrected chi connectivity index (χ4v) is 3.20. The number of carbonyl (C=O) groups is 2. The van der Waals surface area contributed by atoms with Crippen molar-refractivity contribution < 1.29 is 19.8 Å². The number of hydrogen-bond donors (Lipinski definition) is 2. The van der Waals surface area contributed by atoms with Crippen molar-refractivity contribution in [1.29, 1.82) is 0 Å². The van der Waals surface area contributed by atoms with Crippen LogP contribution in [0, 0.1) is 17.8 Å². The van der Waals surface area contributed by atoms with E-state index < -0.39 is 11.9 Å². The van der Waals surface area contributed by atoms with Crippen LogP contribution in [0.15, 0.2) is 22.8 Å². The zero-order chi connectivity index (χ0) is 15.6. The van der Waals surface area contributed by atoms with Crippen molar-refractivity contribution in [2.45, 2.75) is 52.4 Å². The molecule has 2 bridgehead atoms. The van der Waals surface area contributed by atoms with Gasteiger partial charge in [0.2, 0.25) is 0 Å². The molecule has 4 nitrogen and oxygen atoms in total. The molecule has 2 N–H and O–H groups in total. The van der Waals surface area contributed by atoms with Crippen molar-refractivity contribution in [3.05, 3.63) is 22.8 Å². The molecule has 0 aromatic rings. The molecule has 21 heavy (non-hydrogen) atoms. The van der Waals surface area contributed by atoms with Gasteiger partial charge in [0.05, 0.1) is 11.1 Å². The molecule has 3 aliphatic rings. The quantitative estimate of drug-likeness (QED) is 0.776. The molecule has 2 unspecified atom stereocenters. The Balaban J connectivity index is 0.000000173. The molecule has 3 aliphatic carbocycles. The highest BCUT2D eigenvalue weighted by atomic mass is 16.4. The van der Waals surface area contributed by atoms with E-state index >= 15 is 0 Å². The number of hydrogen-bond acceptors (Lipinski definition) is 2. The average Bonchev–Trinajstić information content (AvgIpc) is 3.01. The summed E-state index contributed by atoms with van der Waals surface area (Å²) in [5.41, 5.74) is 1.99. The van der Waals surface area contributed by atoms with Gasteiger partial charge in [0.1, 0.15) is 0 Å². The second-order valence-electron chi connectivity index (χ2n) is 6.64. The van der Waals surface area contributed by atoms with Gasteiger partial charge in [0, 0.05) is 0 Å². The summed E-state index contributed by atoms with van der Waals surface area (Å²) in [6.07, 6.45) is 8.84. The predicted molar refractivity (Wildman–Crippen MR) is 79.9 cm³/mol. The molecular weight excluding hydrogens is 268 g/mol. The normalized spacial score (nSPS) is 25.8. The summed E-state index contributed by atoms with van der Waals surface area (Å²) in [6, 6.07) is 0. The number of fused-ring (bicyclic) bond motifs is 2. The van der Waals surface area contributed by atoms with E-state index in [2.05, 4.69) is 19.9 Å². The number of allylic oxidation sites excluding steroid dienone is 2. The van der Waals surface area contributed by atoms with Crippen LogP contribution < -0.4 is 0 Å². The van der Waals surface area contributed by atoms with Crippen LogP contribution in [-0.4, -0.2) is 22.2 Å². The van der Waals surface area contributed by atoms with Gasteiger partial charge < -0.3 is 10.2 Å². The van der Waals surface area contributed by atoms with E-state index in [1.54, 1.807) is 5.57 Å². The lowest BCUT2D eigenvalue weighted by Gasteiger charge is -2.12. The molecule has 2 atom stereocenters. The summed E-state index contributed by atoms with van der Waals surface area (Å²) < 4.78 is 0. The van der Waals surface area contributed by atoms with Crippen LogP contribution in [0.5, 0.6) is 0 Å². The zero-order valence-electron chi connectivity index (χ0n) is 12.8. The Labute approximate surface area is 125 Å². The molecule has 116 valence electrons. The predicted octanol–water partition coefficient (Wildman–Crippen LogP) is 3.63. The van der Waals surface area contributed by atoms with Crippen LogP contribution >= 0.6 is 0 Å². The largest absolute Gasteiger partial charge is 0.478 e. The fourth-order valence-electron chi connectivity index (χ4n) is 3.20. The van der Waals surface area contributed by atoms with Crippen molar-refractivity contribution in [2.24, 2.45) is 17.8 Å². The molecular formula is C17H24O4. The number of carboxylic acid groups (broad SMARTS) is 2. The van der Waals surface area contributed by atoms with Crippen LogP contribution in [0.25, 0.3) is 0 Å². The van der Waals surface area contributed by atoms with Crippen molar-refractivity contribution in [2.75, 3.05) is 0 Å². The van der Waals surface area contributed by atoms with E-state index in [1.165, 1.54) is 19.3 Å². The minimum Gasteiger partial charge on any atom is -0.478 e. The van der Waals surface area contributed by atoms with Crippen molar-refractivity contribution in [3.8, 4) is 0 Å². The monoisotopic (exact) mass is 292 g/mol. The maximum atomic E-state index is 10.8. The maximum absolute atomic E-state index is 10.8. The van der Waals surface area contributed by atoms with Crippen LogP contribution in [0.2, 0.25) is 0 Å². The minimum atomic E-state index is -1.05. The Morgan fingerprint density at radius 3 is 1.90 bits per heavy atom. The summed E-state index contributed by atoms with van der Waals surface area (Å²) in [6.45, 7) is 4.53. The van der Waals surface area contributed by atoms with Gasteiger partial charge in [0.15, 0.2) is 0 Å². The number of carboxylic acids is 2. The Kier molecular flexibility index (Phi) is 4.86. The molecule has 0 spiro atoms. The zero-order valence-corrected chi connectivity index (χ0v) is 12.8. The maximum Gasteiger partial charge on any atom is 0.332 e. The molecule has 2 fully saturated rings. The first-order chi connectivity index (χ1) is 9.90. The van der Waals surface area contributed by atoms with Crippen LogP contribution in [0.3, 0.4) is 0 Å². The number of rotatable bonds is 4. The van der Waals surface area contributed by atoms with Gasteiger partial charge in [-0.05, 0) is 56.3 Å². The minimum absolute atomic E-state index is 0.00593. The Bertz CT molecular complexity index is 463. The second kappa shape index (κ2) is 6.46. The molecule has 0 aromatic carbocycles. The number of aliphatic carboxylic acids is 2. The average molecular weight is 292 g/mol. The SMILES string of the molecule is CC(C)CC=C1CC1.O=C(O)C1=C(C(=O)O)C2CCC1C2. The molecule has 2 saturated carbocycles. The highest BCUT2D eigenvalue weighted by Crippen LogP contribution is 2.48. The third kappa shape index (κ3) is 3.96. The summed E-state index contributed by atoms with van der Waals surface area (Å²) in [5, 5.41) is 17.7. The van der Waals surface area contributed by atoms with Crippen LogP contribution in [0.1, 0.15) is 52.4 Å². The summed E-state index contributed by atoms with van der Waals surface area (Å²) >= 11 is 0. The highest BCUT2D eigenvalue weighted by molar-refractivity contribution is 6.01. The standard InChI is InChI=1S/C9H10O4.C8H14/c10-8(11)6-4-1-2-5(3-4)7(6)9(12)13;1-7(2)3-4-8-5-6-8/h4-5H,1-3H2,(H,10,11)(H,12,13);4,7H,3,5-6H2,1-2H3. The Hall–Kier alpha value is -1.58. The summed E-state index contributed by atoms with van der Waals surface area (Å²) in [4.78, 5) is 21.6. The molecule has 0 saturated heterocycles. The van der Waals surface area contributed by atoms with E-state index in [9.17, 15) is 9.59 Å². The molecule has 3 rings (SSSR count). The van der Waals surface area contributed by atoms with Crippen LogP contribution in [0.4, 0.5) is 0 Å². The van der Waals surface area contributed by atoms with E-state index in [0.717, 1.165) is 25.2 Å².